The zero-order valence-electron chi connectivity index (χ0n) is 16.1. The van der Waals surface area contributed by atoms with Gasteiger partial charge in [0.25, 0.3) is 6.43 Å². The lowest BCUT2D eigenvalue weighted by Crippen LogP contribution is -2.16. The first-order chi connectivity index (χ1) is 14.4. The lowest BCUT2D eigenvalue weighted by molar-refractivity contribution is -0.116. The Morgan fingerprint density at radius 1 is 1.17 bits per heavy atom. The topological polar surface area (TPSA) is 94.3 Å². The molecule has 0 bridgehead atoms. The molecule has 0 atom stereocenters. The van der Waals surface area contributed by atoms with Crippen LogP contribution in [0.15, 0.2) is 42.5 Å². The molecule has 3 N–H and O–H groups in total. The number of hydrogen-bond donors (Lipinski definition) is 2. The third-order valence-electron chi connectivity index (χ3n) is 4.29. The summed E-state index contributed by atoms with van der Waals surface area (Å²) in [6.07, 6.45) is -0.243. The lowest BCUT2D eigenvalue weighted by Gasteiger charge is -2.13. The third-order valence-corrected chi connectivity index (χ3v) is 5.38. The normalized spacial score (nSPS) is 11.0. The minimum Gasteiger partial charge on any atom is -0.485 e. The summed E-state index contributed by atoms with van der Waals surface area (Å²) in [5, 5.41) is 3.64. The predicted octanol–water partition coefficient (Wildman–Crippen LogP) is 4.39. The summed E-state index contributed by atoms with van der Waals surface area (Å²) in [4.78, 5) is 28.2. The summed E-state index contributed by atoms with van der Waals surface area (Å²) in [5.41, 5.74) is 6.51. The Bertz CT molecular complexity index is 1010. The van der Waals surface area contributed by atoms with Crippen LogP contribution in [0.25, 0.3) is 10.2 Å². The number of primary amides is 1. The average Bonchev–Trinajstić information content (AvgIpc) is 3.13. The van der Waals surface area contributed by atoms with E-state index in [0.717, 1.165) is 28.1 Å². The van der Waals surface area contributed by atoms with E-state index in [1.54, 1.807) is 11.3 Å². The van der Waals surface area contributed by atoms with Gasteiger partial charge in [-0.2, -0.15) is 0 Å². The molecule has 2 aromatic carbocycles. The van der Waals surface area contributed by atoms with Crippen molar-refractivity contribution in [2.24, 2.45) is 5.73 Å². The Morgan fingerprint density at radius 3 is 2.70 bits per heavy atom. The predicted molar refractivity (Wildman–Crippen MR) is 112 cm³/mol. The molecule has 0 aliphatic heterocycles. The third kappa shape index (κ3) is 5.96. The molecule has 1 heterocycles. The maximum Gasteiger partial charge on any atom is 0.272 e. The van der Waals surface area contributed by atoms with E-state index in [9.17, 15) is 18.4 Å². The largest absolute Gasteiger partial charge is 0.485 e. The number of rotatable bonds is 10. The number of anilines is 1. The second-order valence-corrected chi connectivity index (χ2v) is 7.72. The quantitative estimate of drug-likeness (QED) is 0.464. The van der Waals surface area contributed by atoms with Crippen LogP contribution in [0, 0.1) is 0 Å². The number of nitrogens with zero attached hydrogens (tertiary/aromatic N) is 1. The first-order valence-corrected chi connectivity index (χ1v) is 10.2. The molecule has 2 amide bonds. The van der Waals surface area contributed by atoms with Gasteiger partial charge in [0.05, 0.1) is 20.9 Å². The smallest absolute Gasteiger partial charge is 0.272 e. The van der Waals surface area contributed by atoms with Crippen LogP contribution in [0.1, 0.15) is 34.6 Å². The first kappa shape index (κ1) is 21.6. The molecule has 0 radical (unpaired) electrons. The Morgan fingerprint density at radius 2 is 1.97 bits per heavy atom. The average molecular weight is 433 g/mol. The number of aromatic nitrogens is 1. The fourth-order valence-electron chi connectivity index (χ4n) is 2.86. The van der Waals surface area contributed by atoms with E-state index >= 15 is 0 Å². The Balaban J connectivity index is 1.53. The molecule has 0 fully saturated rings. The van der Waals surface area contributed by atoms with Gasteiger partial charge in [0.15, 0.2) is 0 Å². The molecule has 3 rings (SSSR count). The second kappa shape index (κ2) is 10.1. The van der Waals surface area contributed by atoms with Crippen LogP contribution in [0.3, 0.4) is 0 Å². The van der Waals surface area contributed by atoms with Crippen molar-refractivity contribution >= 4 is 39.1 Å². The van der Waals surface area contributed by atoms with Gasteiger partial charge in [-0.25, -0.2) is 13.8 Å². The van der Waals surface area contributed by atoms with Crippen molar-refractivity contribution in [1.82, 2.24) is 4.98 Å². The van der Waals surface area contributed by atoms with Gasteiger partial charge in [0.1, 0.15) is 12.4 Å². The van der Waals surface area contributed by atoms with Gasteiger partial charge in [0, 0.05) is 12.0 Å². The molecular formula is C21H21F2N3O3S. The number of fused-ring (bicyclic) bond motifs is 1. The molecule has 3 aromatic rings. The minimum atomic E-state index is -2.66. The van der Waals surface area contributed by atoms with E-state index in [1.165, 1.54) is 18.2 Å². The van der Waals surface area contributed by atoms with Crippen LogP contribution in [-0.4, -0.2) is 29.8 Å². The maximum atomic E-state index is 12.4. The van der Waals surface area contributed by atoms with Crippen LogP contribution in [0.2, 0.25) is 0 Å². The van der Waals surface area contributed by atoms with Crippen LogP contribution < -0.4 is 15.8 Å². The van der Waals surface area contributed by atoms with E-state index in [2.05, 4.69) is 10.3 Å². The molecule has 6 nitrogen and oxygen atoms in total. The number of ether oxygens (including phenoxy) is 1. The zero-order valence-corrected chi connectivity index (χ0v) is 16.9. The van der Waals surface area contributed by atoms with Gasteiger partial charge < -0.3 is 15.8 Å². The molecule has 0 saturated carbocycles. The molecule has 0 saturated heterocycles. The molecule has 0 aliphatic carbocycles. The fourth-order valence-corrected chi connectivity index (χ4v) is 3.87. The number of nitrogens with two attached hydrogens (primary N) is 1. The number of carbonyl (C=O) groups is 2. The first-order valence-electron chi connectivity index (χ1n) is 9.41. The molecule has 0 spiro atoms. The van der Waals surface area contributed by atoms with Gasteiger partial charge in [-0.05, 0) is 49.6 Å². The van der Waals surface area contributed by atoms with E-state index in [1.807, 2.05) is 24.3 Å². The highest BCUT2D eigenvalue weighted by Crippen LogP contribution is 2.27. The lowest BCUT2D eigenvalue weighted by atomic mass is 10.1. The molecule has 0 unspecified atom stereocenters. The van der Waals surface area contributed by atoms with Crippen LogP contribution in [0.5, 0.6) is 5.75 Å². The summed E-state index contributed by atoms with van der Waals surface area (Å²) in [6, 6.07) is 11.9. The molecule has 158 valence electrons. The van der Waals surface area contributed by atoms with E-state index in [-0.39, 0.29) is 29.3 Å². The highest BCUT2D eigenvalue weighted by Gasteiger charge is 2.13. The molecule has 9 heteroatoms. The van der Waals surface area contributed by atoms with Gasteiger partial charge in [-0.1, -0.05) is 12.1 Å². The highest BCUT2D eigenvalue weighted by molar-refractivity contribution is 7.18. The number of alkyl halides is 2. The number of nitrogens with one attached hydrogen (secondary N) is 1. The van der Waals surface area contributed by atoms with Crippen molar-refractivity contribution in [3.8, 4) is 5.75 Å². The number of benzene rings is 2. The summed E-state index contributed by atoms with van der Waals surface area (Å²) in [7, 11) is 0. The Labute approximate surface area is 176 Å². The summed E-state index contributed by atoms with van der Waals surface area (Å²) in [6.45, 7) is -0.818. The van der Waals surface area contributed by atoms with Gasteiger partial charge in [-0.15, -0.1) is 11.3 Å². The van der Waals surface area contributed by atoms with Crippen molar-refractivity contribution in [1.29, 1.82) is 0 Å². The number of thiazole rings is 1. The van der Waals surface area contributed by atoms with Crippen LogP contribution >= 0.6 is 11.3 Å². The highest BCUT2D eigenvalue weighted by atomic mass is 32.1. The van der Waals surface area contributed by atoms with Crippen LogP contribution in [0.4, 0.5) is 14.5 Å². The molecule has 30 heavy (non-hydrogen) atoms. The van der Waals surface area contributed by atoms with Gasteiger partial charge in [-0.3, -0.25) is 9.59 Å². The Kier molecular flexibility index (Phi) is 7.29. The summed E-state index contributed by atoms with van der Waals surface area (Å²) in [5.74, 6) is -0.937. The number of aryl methyl sites for hydroxylation is 1. The number of unbranched alkanes of at least 4 members (excludes halogenated alkanes) is 1. The van der Waals surface area contributed by atoms with E-state index in [0.29, 0.717) is 6.42 Å². The number of amides is 2. The molecular weight excluding hydrogens is 412 g/mol. The van der Waals surface area contributed by atoms with Crippen molar-refractivity contribution in [2.75, 3.05) is 11.9 Å². The fraction of sp³-hybridized carbons (Fsp3) is 0.286. The molecule has 0 aliphatic rings. The van der Waals surface area contributed by atoms with Gasteiger partial charge in [0.2, 0.25) is 11.8 Å². The number of para-hydroxylation sites is 1. The summed E-state index contributed by atoms with van der Waals surface area (Å²) >= 11 is 1.64. The SMILES string of the molecule is NC(=O)c1ccc(OCC(F)F)c(NC(=O)CCCCc2nc3ccccc3s2)c1. The van der Waals surface area contributed by atoms with Crippen molar-refractivity contribution in [2.45, 2.75) is 32.1 Å². The standard InChI is InChI=1S/C21H21F2N3O3S/c22-18(23)12-29-16-10-9-13(21(24)28)11-15(16)25-19(27)7-3-4-8-20-26-14-5-1-2-6-17(14)30-20/h1-2,5-6,9-11,18H,3-4,7-8,12H2,(H2,24,28)(H,25,27). The van der Waals surface area contributed by atoms with Crippen LogP contribution in [-0.2, 0) is 11.2 Å². The van der Waals surface area contributed by atoms with Gasteiger partial charge >= 0.3 is 0 Å². The maximum absolute atomic E-state index is 12.4. The van der Waals surface area contributed by atoms with Crippen molar-refractivity contribution in [3.05, 3.63) is 53.0 Å². The van der Waals surface area contributed by atoms with Crippen molar-refractivity contribution < 1.29 is 23.1 Å². The number of carbonyl (C=O) groups excluding carboxylic acids is 2. The Hall–Kier alpha value is -3.07. The van der Waals surface area contributed by atoms with E-state index < -0.39 is 18.9 Å². The number of hydrogen-bond acceptors (Lipinski definition) is 5. The van der Waals surface area contributed by atoms with E-state index in [4.69, 9.17) is 10.5 Å². The monoisotopic (exact) mass is 433 g/mol. The minimum absolute atomic E-state index is 0.0584. The number of halogens is 2. The molecule has 1 aromatic heterocycles. The zero-order chi connectivity index (χ0) is 21.5. The van der Waals surface area contributed by atoms with Crippen molar-refractivity contribution in [3.63, 3.8) is 0 Å². The second-order valence-electron chi connectivity index (χ2n) is 6.61. The summed E-state index contributed by atoms with van der Waals surface area (Å²) < 4.78 is 31.0.